The Labute approximate surface area is 203 Å². The number of aliphatic hydroxyl groups excluding tert-OH is 3. The molecule has 1 aromatic rings. The number of aryl methyl sites for hydroxylation is 2. The molecule has 0 saturated heterocycles. The molecule has 0 radical (unpaired) electrons. The summed E-state index contributed by atoms with van der Waals surface area (Å²) in [7, 11) is 0. The van der Waals surface area contributed by atoms with E-state index in [1.54, 1.807) is 18.4 Å². The van der Waals surface area contributed by atoms with Crippen molar-refractivity contribution in [3.05, 3.63) is 43.1 Å². The lowest BCUT2D eigenvalue weighted by Gasteiger charge is -2.36. The van der Waals surface area contributed by atoms with Crippen LogP contribution in [0.3, 0.4) is 0 Å². The molecular weight excluding hydrogens is 452 g/mol. The molecule has 3 atom stereocenters. The van der Waals surface area contributed by atoms with Gasteiger partial charge in [-0.25, -0.2) is 9.78 Å². The van der Waals surface area contributed by atoms with Gasteiger partial charge in [-0.1, -0.05) is 20.8 Å². The molecule has 3 rings (SSSR count). The molecule has 2 aliphatic heterocycles. The van der Waals surface area contributed by atoms with E-state index in [1.807, 2.05) is 27.7 Å². The fraction of sp³-hybridized carbons (Fsp3) is 0.600. The van der Waals surface area contributed by atoms with Crippen molar-refractivity contribution >= 4 is 11.0 Å². The van der Waals surface area contributed by atoms with Gasteiger partial charge in [0.25, 0.3) is 5.56 Å². The number of hydrogen-bond acceptors (Lipinski definition) is 8. The highest BCUT2D eigenvalue weighted by molar-refractivity contribution is 5.88. The number of nitrogens with zero attached hydrogens (tertiary/aromatic N) is 4. The van der Waals surface area contributed by atoms with Crippen LogP contribution in [0.1, 0.15) is 56.4 Å². The van der Waals surface area contributed by atoms with E-state index in [-0.39, 0.29) is 31.0 Å². The number of aliphatic hydroxyl groups is 4. The third-order valence-corrected chi connectivity index (χ3v) is 7.27. The van der Waals surface area contributed by atoms with E-state index in [2.05, 4.69) is 4.98 Å². The maximum absolute atomic E-state index is 13.3. The van der Waals surface area contributed by atoms with Crippen LogP contribution in [0.25, 0.3) is 22.6 Å². The summed E-state index contributed by atoms with van der Waals surface area (Å²) in [5.41, 5.74) is 1.95. The maximum Gasteiger partial charge on any atom is 0.352 e. The van der Waals surface area contributed by atoms with Crippen LogP contribution < -0.4 is 11.2 Å². The Morgan fingerprint density at radius 1 is 0.943 bits per heavy atom. The fourth-order valence-electron chi connectivity index (χ4n) is 4.97. The van der Waals surface area contributed by atoms with E-state index in [1.165, 1.54) is 0 Å². The molecule has 1 aromatic carbocycles. The van der Waals surface area contributed by atoms with Crippen molar-refractivity contribution in [2.24, 2.45) is 0 Å². The summed E-state index contributed by atoms with van der Waals surface area (Å²) in [4.78, 5) is 34.9. The van der Waals surface area contributed by atoms with Gasteiger partial charge in [0.15, 0.2) is 11.5 Å². The first kappa shape index (κ1) is 26.9. The van der Waals surface area contributed by atoms with Gasteiger partial charge in [0, 0.05) is 6.54 Å². The maximum atomic E-state index is 13.3. The van der Waals surface area contributed by atoms with Gasteiger partial charge >= 0.3 is 5.69 Å². The number of hydrogen-bond donors (Lipinski definition) is 4. The summed E-state index contributed by atoms with van der Waals surface area (Å²) in [5.74, 6) is 0.00905. The average Bonchev–Trinajstić information content (AvgIpc) is 2.85. The van der Waals surface area contributed by atoms with Crippen molar-refractivity contribution in [2.45, 2.75) is 91.7 Å². The highest BCUT2D eigenvalue weighted by Crippen LogP contribution is 2.34. The lowest BCUT2D eigenvalue weighted by molar-refractivity contribution is -0.143. The molecule has 192 valence electrons. The first-order chi connectivity index (χ1) is 16.5. The monoisotopic (exact) mass is 488 g/mol. The smallest absolute Gasteiger partial charge is 0.352 e. The molecular formula is C25H36N4O6. The predicted molar refractivity (Wildman–Crippen MR) is 133 cm³/mol. The van der Waals surface area contributed by atoms with E-state index < -0.39 is 35.7 Å². The minimum atomic E-state index is -1.89. The van der Waals surface area contributed by atoms with Crippen molar-refractivity contribution in [1.82, 2.24) is 19.1 Å². The summed E-state index contributed by atoms with van der Waals surface area (Å²) >= 11 is 0. The Morgan fingerprint density at radius 3 is 2.06 bits per heavy atom. The molecule has 0 fully saturated rings. The number of rotatable bonds is 9. The Bertz CT molecular complexity index is 1330. The normalized spacial score (nSPS) is 15.5. The number of aromatic nitrogens is 4. The highest BCUT2D eigenvalue weighted by atomic mass is 16.4. The summed E-state index contributed by atoms with van der Waals surface area (Å²) in [5, 5.41) is 41.7. The summed E-state index contributed by atoms with van der Waals surface area (Å²) in [6, 6.07) is 0. The molecule has 3 unspecified atom stereocenters. The van der Waals surface area contributed by atoms with Gasteiger partial charge in [-0.3, -0.25) is 9.36 Å². The minimum Gasteiger partial charge on any atom is -0.394 e. The van der Waals surface area contributed by atoms with Crippen molar-refractivity contribution < 1.29 is 20.4 Å². The van der Waals surface area contributed by atoms with E-state index in [4.69, 9.17) is 4.98 Å². The fourth-order valence-corrected chi connectivity index (χ4v) is 4.97. The van der Waals surface area contributed by atoms with Crippen LogP contribution in [0, 0.1) is 13.8 Å². The van der Waals surface area contributed by atoms with E-state index in [0.29, 0.717) is 23.9 Å². The van der Waals surface area contributed by atoms with Gasteiger partial charge in [-0.2, -0.15) is 4.98 Å². The second-order valence-electron chi connectivity index (χ2n) is 9.08. The van der Waals surface area contributed by atoms with Crippen LogP contribution in [0.15, 0.2) is 9.59 Å². The molecule has 10 nitrogen and oxygen atoms in total. The molecule has 2 aliphatic rings. The second kappa shape index (κ2) is 10.1. The zero-order valence-electron chi connectivity index (χ0n) is 21.3. The largest absolute Gasteiger partial charge is 0.394 e. The standard InChI is InChI=1S/C25H36N4O6/c1-7-15-13(5)14(6)16(8-2)20-18(15)26-19-22(27-24(34)28(10-4)23(19)33)29(20)12-25(35,9-3)21(32)17(31)11-30/h17,21,30-32,35H,7-12H2,1-6H3. The van der Waals surface area contributed by atoms with Gasteiger partial charge < -0.3 is 25.0 Å². The molecule has 0 bridgehead atoms. The molecule has 0 saturated carbocycles. The first-order valence-electron chi connectivity index (χ1n) is 12.2. The molecule has 4 N–H and O–H groups in total. The highest BCUT2D eigenvalue weighted by Gasteiger charge is 2.40. The summed E-state index contributed by atoms with van der Waals surface area (Å²) in [6.45, 7) is 10.4. The van der Waals surface area contributed by atoms with Crippen LogP contribution in [-0.4, -0.2) is 63.9 Å². The Kier molecular flexibility index (Phi) is 7.80. The zero-order chi connectivity index (χ0) is 26.2. The van der Waals surface area contributed by atoms with Gasteiger partial charge in [-0.15, -0.1) is 0 Å². The second-order valence-corrected chi connectivity index (χ2v) is 9.08. The van der Waals surface area contributed by atoms with Gasteiger partial charge in [0.1, 0.15) is 17.8 Å². The van der Waals surface area contributed by atoms with E-state index in [9.17, 15) is 30.0 Å². The molecule has 0 aliphatic carbocycles. The van der Waals surface area contributed by atoms with Gasteiger partial charge in [0.05, 0.1) is 24.2 Å². The lowest BCUT2D eigenvalue weighted by Crippen LogP contribution is -2.53. The van der Waals surface area contributed by atoms with Crippen molar-refractivity contribution in [1.29, 1.82) is 0 Å². The predicted octanol–water partition coefficient (Wildman–Crippen LogP) is 0.675. The quantitative estimate of drug-likeness (QED) is 0.321. The van der Waals surface area contributed by atoms with Crippen molar-refractivity contribution in [3.8, 4) is 11.5 Å². The Morgan fingerprint density at radius 2 is 1.54 bits per heavy atom. The van der Waals surface area contributed by atoms with Crippen molar-refractivity contribution in [3.63, 3.8) is 0 Å². The topological polar surface area (TPSA) is 151 Å². The summed E-state index contributed by atoms with van der Waals surface area (Å²) in [6.07, 6.45) is -1.99. The third kappa shape index (κ3) is 4.29. The Hall–Kier alpha value is -2.66. The van der Waals surface area contributed by atoms with E-state index in [0.717, 1.165) is 26.8 Å². The van der Waals surface area contributed by atoms with Crippen LogP contribution >= 0.6 is 0 Å². The van der Waals surface area contributed by atoms with Gasteiger partial charge in [-0.05, 0) is 62.3 Å². The molecule has 0 amide bonds. The van der Waals surface area contributed by atoms with E-state index >= 15 is 0 Å². The Balaban J connectivity index is 2.59. The molecule has 2 heterocycles. The first-order valence-corrected chi connectivity index (χ1v) is 12.2. The average molecular weight is 489 g/mol. The summed E-state index contributed by atoms with van der Waals surface area (Å²) < 4.78 is 2.59. The lowest BCUT2D eigenvalue weighted by atomic mass is 9.88. The van der Waals surface area contributed by atoms with Crippen LogP contribution in [0.4, 0.5) is 0 Å². The molecule has 35 heavy (non-hydrogen) atoms. The zero-order valence-corrected chi connectivity index (χ0v) is 21.3. The molecule has 10 heteroatoms. The van der Waals surface area contributed by atoms with Crippen LogP contribution in [-0.2, 0) is 25.9 Å². The van der Waals surface area contributed by atoms with Crippen molar-refractivity contribution in [2.75, 3.05) is 6.61 Å². The number of benzene rings is 1. The molecule has 0 aromatic heterocycles. The third-order valence-electron chi connectivity index (χ3n) is 7.27. The SMILES string of the molecule is CCc1c(C)c(C)c(CC)c2c1nc1c(=O)n(CC)c(=O)nc-1n2CC(O)(CC)C(O)C(O)CO. The van der Waals surface area contributed by atoms with Crippen LogP contribution in [0.2, 0.25) is 0 Å². The minimum absolute atomic E-state index is 0.00499. The van der Waals surface area contributed by atoms with Gasteiger partial charge in [0.2, 0.25) is 0 Å². The van der Waals surface area contributed by atoms with Crippen LogP contribution in [0.5, 0.6) is 0 Å². The number of fused-ring (bicyclic) bond motifs is 2. The molecule has 0 spiro atoms.